The Bertz CT molecular complexity index is 3470. The number of fused-ring (bicyclic) bond motifs is 13. The van der Waals surface area contributed by atoms with Gasteiger partial charge in [-0.05, 0) is 85.6 Å². The molecule has 288 valence electrons. The third kappa shape index (κ3) is 4.96. The average Bonchev–Trinajstić information content (AvgIpc) is 3.99. The van der Waals surface area contributed by atoms with Gasteiger partial charge in [-0.1, -0.05) is 182 Å². The minimum absolute atomic E-state index is 0.610. The van der Waals surface area contributed by atoms with Crippen LogP contribution in [-0.4, -0.2) is 24.7 Å². The van der Waals surface area contributed by atoms with E-state index in [1.165, 1.54) is 55.3 Å². The van der Waals surface area contributed by atoms with Gasteiger partial charge >= 0.3 is 0 Å². The second-order valence-corrected chi connectivity index (χ2v) is 16.2. The first-order valence-electron chi connectivity index (χ1n) is 21.1. The maximum absolute atomic E-state index is 5.47. The highest BCUT2D eigenvalue weighted by molar-refractivity contribution is 6.13. The molecule has 0 N–H and O–H groups in total. The standard InChI is InChI=1S/C57H35N5/c1-4-17-37(18-5-1)54-58-55(38-19-6-2-7-20-38)60-56(59-54)40-29-32-46-45-31-28-39(34-49(45)57(50(46)35-40)47-26-14-12-24-43(47)44-25-13-15-27-48(44)57)53-52-42-23-11-10-16-36(42)30-33-51(52)62(61-53)41-21-8-3-9-22-41/h1-35H. The minimum atomic E-state index is -0.610. The minimum Gasteiger partial charge on any atom is -0.232 e. The van der Waals surface area contributed by atoms with Gasteiger partial charge in [-0.25, -0.2) is 19.6 Å². The lowest BCUT2D eigenvalue weighted by Gasteiger charge is -2.31. The highest BCUT2D eigenvalue weighted by Gasteiger charge is 2.52. The van der Waals surface area contributed by atoms with E-state index in [1.807, 2.05) is 36.4 Å². The van der Waals surface area contributed by atoms with Gasteiger partial charge in [-0.3, -0.25) is 0 Å². The third-order valence-electron chi connectivity index (χ3n) is 12.9. The second-order valence-electron chi connectivity index (χ2n) is 16.2. The Hall–Kier alpha value is -8.28. The molecule has 2 aromatic heterocycles. The molecule has 13 rings (SSSR count). The molecule has 62 heavy (non-hydrogen) atoms. The van der Waals surface area contributed by atoms with Crippen LogP contribution in [0.3, 0.4) is 0 Å². The van der Waals surface area contributed by atoms with Crippen molar-refractivity contribution in [2.45, 2.75) is 5.41 Å². The lowest BCUT2D eigenvalue weighted by Crippen LogP contribution is -2.26. The zero-order valence-corrected chi connectivity index (χ0v) is 33.4. The summed E-state index contributed by atoms with van der Waals surface area (Å²) in [4.78, 5) is 15.4. The summed E-state index contributed by atoms with van der Waals surface area (Å²) in [6.45, 7) is 0. The van der Waals surface area contributed by atoms with Crippen LogP contribution in [0.1, 0.15) is 22.3 Å². The highest BCUT2D eigenvalue weighted by Crippen LogP contribution is 2.63. The first kappa shape index (κ1) is 34.6. The largest absolute Gasteiger partial charge is 0.232 e. The molecule has 5 heteroatoms. The van der Waals surface area contributed by atoms with Crippen molar-refractivity contribution < 1.29 is 0 Å². The van der Waals surface area contributed by atoms with Crippen molar-refractivity contribution in [3.05, 3.63) is 235 Å². The lowest BCUT2D eigenvalue weighted by atomic mass is 9.70. The number of para-hydroxylation sites is 1. The third-order valence-corrected chi connectivity index (χ3v) is 12.9. The molecule has 9 aromatic carbocycles. The van der Waals surface area contributed by atoms with Crippen LogP contribution in [0.15, 0.2) is 212 Å². The van der Waals surface area contributed by atoms with Gasteiger partial charge in [0.25, 0.3) is 0 Å². The van der Waals surface area contributed by atoms with Crippen LogP contribution in [0.4, 0.5) is 0 Å². The Labute approximate surface area is 358 Å². The Balaban J connectivity index is 1.08. The molecule has 0 fully saturated rings. The molecule has 0 atom stereocenters. The van der Waals surface area contributed by atoms with Gasteiger partial charge in [-0.15, -0.1) is 0 Å². The molecule has 0 bridgehead atoms. The fourth-order valence-corrected chi connectivity index (χ4v) is 10.2. The summed E-state index contributed by atoms with van der Waals surface area (Å²) in [7, 11) is 0. The number of benzene rings is 9. The molecule has 0 unspecified atom stereocenters. The highest BCUT2D eigenvalue weighted by atomic mass is 15.3. The molecular weight excluding hydrogens is 755 g/mol. The first-order valence-corrected chi connectivity index (χ1v) is 21.1. The first-order chi connectivity index (χ1) is 30.7. The summed E-state index contributed by atoms with van der Waals surface area (Å²) < 4.78 is 2.10. The molecule has 11 aromatic rings. The van der Waals surface area contributed by atoms with Crippen molar-refractivity contribution in [2.75, 3.05) is 0 Å². The van der Waals surface area contributed by atoms with E-state index >= 15 is 0 Å². The average molecular weight is 790 g/mol. The molecule has 2 heterocycles. The van der Waals surface area contributed by atoms with E-state index in [9.17, 15) is 0 Å². The Morgan fingerprint density at radius 3 is 1.47 bits per heavy atom. The molecular formula is C57H35N5. The Kier molecular flexibility index (Phi) is 7.45. The number of rotatable bonds is 5. The zero-order chi connectivity index (χ0) is 40.8. The summed E-state index contributed by atoms with van der Waals surface area (Å²) in [5.41, 5.74) is 16.3. The van der Waals surface area contributed by atoms with Crippen LogP contribution >= 0.6 is 0 Å². The number of nitrogens with zero attached hydrogens (tertiary/aromatic N) is 5. The quantitative estimate of drug-likeness (QED) is 0.174. The van der Waals surface area contributed by atoms with Crippen molar-refractivity contribution in [3.63, 3.8) is 0 Å². The van der Waals surface area contributed by atoms with Crippen molar-refractivity contribution in [1.29, 1.82) is 0 Å². The normalized spacial score (nSPS) is 13.0. The van der Waals surface area contributed by atoms with Crippen LogP contribution in [0.25, 0.3) is 95.0 Å². The maximum atomic E-state index is 5.47. The van der Waals surface area contributed by atoms with E-state index in [-0.39, 0.29) is 0 Å². The van der Waals surface area contributed by atoms with Crippen LogP contribution < -0.4 is 0 Å². The van der Waals surface area contributed by atoms with Gasteiger partial charge in [0.15, 0.2) is 17.5 Å². The summed E-state index contributed by atoms with van der Waals surface area (Å²) in [5.74, 6) is 1.92. The van der Waals surface area contributed by atoms with Crippen LogP contribution in [0.5, 0.6) is 0 Å². The maximum Gasteiger partial charge on any atom is 0.164 e. The van der Waals surface area contributed by atoms with Crippen LogP contribution in [0.2, 0.25) is 0 Å². The molecule has 0 saturated heterocycles. The predicted octanol–water partition coefficient (Wildman–Crippen LogP) is 13.4. The van der Waals surface area contributed by atoms with Gasteiger partial charge in [0.2, 0.25) is 0 Å². The predicted molar refractivity (Wildman–Crippen MR) is 250 cm³/mol. The van der Waals surface area contributed by atoms with E-state index in [2.05, 4.69) is 181 Å². The monoisotopic (exact) mass is 789 g/mol. The summed E-state index contributed by atoms with van der Waals surface area (Å²) in [6.07, 6.45) is 0. The fourth-order valence-electron chi connectivity index (χ4n) is 10.2. The van der Waals surface area contributed by atoms with Crippen LogP contribution in [-0.2, 0) is 5.41 Å². The SMILES string of the molecule is c1ccc(-c2nc(-c3ccccc3)nc(-c3ccc4c(c3)C3(c5ccccc5-c5ccccc53)c3cc(-c5nn(-c6ccccc6)c6ccc7ccccc7c56)ccc3-4)n2)cc1. The van der Waals surface area contributed by atoms with Crippen molar-refractivity contribution in [3.8, 4) is 73.4 Å². The van der Waals surface area contributed by atoms with Gasteiger partial charge in [0.1, 0.15) is 5.69 Å². The number of hydrogen-bond donors (Lipinski definition) is 0. The molecule has 0 radical (unpaired) electrons. The van der Waals surface area contributed by atoms with Crippen LogP contribution in [0, 0.1) is 0 Å². The summed E-state index contributed by atoms with van der Waals surface area (Å²) in [6, 6.07) is 75.6. The van der Waals surface area contributed by atoms with E-state index in [4.69, 9.17) is 20.1 Å². The lowest BCUT2D eigenvalue weighted by molar-refractivity contribution is 0.794. The molecule has 2 aliphatic rings. The molecule has 0 saturated carbocycles. The topological polar surface area (TPSA) is 56.5 Å². The fraction of sp³-hybridized carbons (Fsp3) is 0.0175. The molecule has 5 nitrogen and oxygen atoms in total. The van der Waals surface area contributed by atoms with Crippen molar-refractivity contribution >= 4 is 21.7 Å². The van der Waals surface area contributed by atoms with E-state index in [0.717, 1.165) is 44.5 Å². The van der Waals surface area contributed by atoms with Gasteiger partial charge in [0, 0.05) is 27.6 Å². The smallest absolute Gasteiger partial charge is 0.164 e. The van der Waals surface area contributed by atoms with Crippen molar-refractivity contribution in [2.24, 2.45) is 0 Å². The molecule has 0 aliphatic heterocycles. The molecule has 2 aliphatic carbocycles. The van der Waals surface area contributed by atoms with Crippen molar-refractivity contribution in [1.82, 2.24) is 24.7 Å². The van der Waals surface area contributed by atoms with E-state index in [0.29, 0.717) is 17.5 Å². The van der Waals surface area contributed by atoms with Gasteiger partial charge < -0.3 is 0 Å². The zero-order valence-electron chi connectivity index (χ0n) is 33.4. The van der Waals surface area contributed by atoms with E-state index in [1.54, 1.807) is 0 Å². The Morgan fingerprint density at radius 2 is 0.839 bits per heavy atom. The summed E-state index contributed by atoms with van der Waals surface area (Å²) >= 11 is 0. The molecule has 0 amide bonds. The van der Waals surface area contributed by atoms with Gasteiger partial charge in [0.05, 0.1) is 16.6 Å². The number of aromatic nitrogens is 5. The second kappa shape index (κ2) is 13.4. The van der Waals surface area contributed by atoms with E-state index < -0.39 is 5.41 Å². The Morgan fingerprint density at radius 1 is 0.355 bits per heavy atom. The molecule has 1 spiro atoms. The summed E-state index contributed by atoms with van der Waals surface area (Å²) in [5, 5.41) is 8.99. The number of hydrogen-bond acceptors (Lipinski definition) is 4. The van der Waals surface area contributed by atoms with Gasteiger partial charge in [-0.2, -0.15) is 5.10 Å².